The Labute approximate surface area is 298 Å². The lowest BCUT2D eigenvalue weighted by molar-refractivity contribution is -0.137. The van der Waals surface area contributed by atoms with Gasteiger partial charge in [-0.15, -0.1) is 0 Å². The molecule has 0 saturated carbocycles. The van der Waals surface area contributed by atoms with Crippen LogP contribution >= 0.6 is 0 Å². The highest BCUT2D eigenvalue weighted by molar-refractivity contribution is 5.96. The summed E-state index contributed by atoms with van der Waals surface area (Å²) in [4.78, 5) is 40.1. The Hall–Kier alpha value is -5.70. The SMILES string of the molecule is Cc1cccc(OCCCC(=O)N2CCCc3c(-c4cnn(Cc5cccc(C(=O)NC(CC(=O)O)Cc6ccccc6)c5)c4)cccc32)c1C. The van der Waals surface area contributed by atoms with Gasteiger partial charge in [0.15, 0.2) is 0 Å². The van der Waals surface area contributed by atoms with Crippen LogP contribution in [0.25, 0.3) is 11.1 Å². The molecule has 0 aliphatic carbocycles. The highest BCUT2D eigenvalue weighted by atomic mass is 16.5. The molecule has 2 N–H and O–H groups in total. The van der Waals surface area contributed by atoms with Crippen molar-refractivity contribution in [2.75, 3.05) is 18.1 Å². The van der Waals surface area contributed by atoms with Crippen LogP contribution in [0.4, 0.5) is 5.69 Å². The van der Waals surface area contributed by atoms with Crippen LogP contribution < -0.4 is 15.0 Å². The van der Waals surface area contributed by atoms with E-state index in [2.05, 4.69) is 36.4 Å². The lowest BCUT2D eigenvalue weighted by Crippen LogP contribution is -2.38. The van der Waals surface area contributed by atoms with E-state index in [0.717, 1.165) is 57.7 Å². The van der Waals surface area contributed by atoms with Crippen molar-refractivity contribution in [3.05, 3.63) is 137 Å². The highest BCUT2D eigenvalue weighted by Gasteiger charge is 2.25. The summed E-state index contributed by atoms with van der Waals surface area (Å²) in [5.74, 6) is -0.307. The number of rotatable bonds is 14. The molecule has 0 saturated heterocycles. The fraction of sp³-hybridized carbons (Fsp3) is 0.286. The molecule has 1 atom stereocenters. The Balaban J connectivity index is 1.09. The summed E-state index contributed by atoms with van der Waals surface area (Å²) in [5, 5.41) is 17.0. The third-order valence-corrected chi connectivity index (χ3v) is 9.46. The van der Waals surface area contributed by atoms with E-state index in [0.29, 0.717) is 44.5 Å². The van der Waals surface area contributed by atoms with Crippen LogP contribution in [-0.4, -0.2) is 51.9 Å². The topological polar surface area (TPSA) is 114 Å². The number of carboxylic acids is 1. The van der Waals surface area contributed by atoms with Crippen molar-refractivity contribution in [3.63, 3.8) is 0 Å². The number of amides is 2. The molecule has 0 radical (unpaired) electrons. The second-order valence-electron chi connectivity index (χ2n) is 13.2. The molecule has 1 unspecified atom stereocenters. The van der Waals surface area contributed by atoms with E-state index in [1.54, 1.807) is 6.07 Å². The third-order valence-electron chi connectivity index (χ3n) is 9.46. The smallest absolute Gasteiger partial charge is 0.305 e. The molecule has 9 nitrogen and oxygen atoms in total. The number of ether oxygens (including phenoxy) is 1. The highest BCUT2D eigenvalue weighted by Crippen LogP contribution is 2.36. The summed E-state index contributed by atoms with van der Waals surface area (Å²) in [5.41, 5.74) is 8.76. The van der Waals surface area contributed by atoms with Crippen molar-refractivity contribution in [1.29, 1.82) is 0 Å². The monoisotopic (exact) mass is 684 g/mol. The summed E-state index contributed by atoms with van der Waals surface area (Å²) in [6.07, 6.45) is 6.91. The zero-order valence-corrected chi connectivity index (χ0v) is 29.2. The van der Waals surface area contributed by atoms with Crippen molar-refractivity contribution < 1.29 is 24.2 Å². The van der Waals surface area contributed by atoms with Crippen LogP contribution in [0.3, 0.4) is 0 Å². The van der Waals surface area contributed by atoms with Crippen LogP contribution in [0.1, 0.15) is 63.9 Å². The number of hydrogen-bond acceptors (Lipinski definition) is 5. The second kappa shape index (κ2) is 16.3. The molecular weight excluding hydrogens is 640 g/mol. The number of carbonyl (C=O) groups excluding carboxylic acids is 2. The Kier molecular flexibility index (Phi) is 11.3. The van der Waals surface area contributed by atoms with Crippen LogP contribution in [-0.2, 0) is 29.0 Å². The Morgan fingerprint density at radius 2 is 1.73 bits per heavy atom. The zero-order valence-electron chi connectivity index (χ0n) is 29.2. The lowest BCUT2D eigenvalue weighted by atomic mass is 9.93. The normalized spacial score (nSPS) is 12.9. The number of benzene rings is 4. The van der Waals surface area contributed by atoms with Crippen molar-refractivity contribution in [2.24, 2.45) is 0 Å². The van der Waals surface area contributed by atoms with Crippen LogP contribution in [0.2, 0.25) is 0 Å². The molecule has 4 aromatic carbocycles. The fourth-order valence-electron chi connectivity index (χ4n) is 6.71. The van der Waals surface area contributed by atoms with Gasteiger partial charge >= 0.3 is 5.97 Å². The number of fused-ring (bicyclic) bond motifs is 1. The molecular formula is C42H44N4O5. The minimum Gasteiger partial charge on any atom is -0.493 e. The van der Waals surface area contributed by atoms with E-state index in [9.17, 15) is 19.5 Å². The Morgan fingerprint density at radius 1 is 0.941 bits per heavy atom. The largest absolute Gasteiger partial charge is 0.493 e. The fourth-order valence-corrected chi connectivity index (χ4v) is 6.71. The first-order valence-electron chi connectivity index (χ1n) is 17.5. The molecule has 2 amide bonds. The van der Waals surface area contributed by atoms with Crippen molar-refractivity contribution in [3.8, 4) is 16.9 Å². The molecule has 5 aromatic rings. The van der Waals surface area contributed by atoms with Gasteiger partial charge in [-0.05, 0) is 97.2 Å². The minimum absolute atomic E-state index is 0.103. The van der Waals surface area contributed by atoms with Gasteiger partial charge in [0.05, 0.1) is 25.8 Å². The molecule has 2 heterocycles. The van der Waals surface area contributed by atoms with Crippen LogP contribution in [0.5, 0.6) is 5.75 Å². The van der Waals surface area contributed by atoms with Gasteiger partial charge in [0.2, 0.25) is 5.91 Å². The average molecular weight is 685 g/mol. The maximum Gasteiger partial charge on any atom is 0.305 e. The number of carbonyl (C=O) groups is 3. The van der Waals surface area contributed by atoms with Crippen molar-refractivity contribution in [1.82, 2.24) is 15.1 Å². The number of nitrogens with zero attached hydrogens (tertiary/aromatic N) is 3. The second-order valence-corrected chi connectivity index (χ2v) is 13.2. The van der Waals surface area contributed by atoms with Gasteiger partial charge in [-0.3, -0.25) is 19.1 Å². The van der Waals surface area contributed by atoms with E-state index >= 15 is 0 Å². The Morgan fingerprint density at radius 3 is 2.55 bits per heavy atom. The summed E-state index contributed by atoms with van der Waals surface area (Å²) in [6.45, 7) is 5.75. The number of anilines is 1. The van der Waals surface area contributed by atoms with Crippen molar-refractivity contribution >= 4 is 23.5 Å². The summed E-state index contributed by atoms with van der Waals surface area (Å²) >= 11 is 0. The maximum absolute atomic E-state index is 13.4. The van der Waals surface area contributed by atoms with Crippen LogP contribution in [0.15, 0.2) is 103 Å². The first-order chi connectivity index (χ1) is 24.7. The van der Waals surface area contributed by atoms with Gasteiger partial charge in [-0.2, -0.15) is 5.10 Å². The number of aryl methyl sites for hydroxylation is 1. The van der Waals surface area contributed by atoms with Gasteiger partial charge in [0, 0.05) is 42.0 Å². The number of hydrogen-bond donors (Lipinski definition) is 2. The minimum atomic E-state index is -0.965. The third kappa shape index (κ3) is 8.91. The predicted octanol–water partition coefficient (Wildman–Crippen LogP) is 7.17. The molecule has 1 aliphatic heterocycles. The molecule has 9 heteroatoms. The quantitative estimate of drug-likeness (QED) is 0.120. The van der Waals surface area contributed by atoms with Gasteiger partial charge in [0.1, 0.15) is 5.75 Å². The molecule has 51 heavy (non-hydrogen) atoms. The Bertz CT molecular complexity index is 2000. The molecule has 1 aliphatic rings. The summed E-state index contributed by atoms with van der Waals surface area (Å²) < 4.78 is 7.84. The summed E-state index contributed by atoms with van der Waals surface area (Å²) in [7, 11) is 0. The molecule has 0 spiro atoms. The number of aliphatic carboxylic acids is 1. The van der Waals surface area contributed by atoms with Gasteiger partial charge in [0.25, 0.3) is 5.91 Å². The molecule has 0 fully saturated rings. The molecule has 262 valence electrons. The van der Waals surface area contributed by atoms with E-state index in [4.69, 9.17) is 4.74 Å². The van der Waals surface area contributed by atoms with Crippen molar-refractivity contribution in [2.45, 2.75) is 65.0 Å². The van der Waals surface area contributed by atoms with Gasteiger partial charge in [-0.1, -0.05) is 66.7 Å². The number of carboxylic acid groups (broad SMARTS) is 1. The van der Waals surface area contributed by atoms with E-state index in [1.165, 1.54) is 5.56 Å². The maximum atomic E-state index is 13.4. The first kappa shape index (κ1) is 35.1. The van der Waals surface area contributed by atoms with Crippen LogP contribution in [0, 0.1) is 13.8 Å². The lowest BCUT2D eigenvalue weighted by Gasteiger charge is -2.31. The number of aromatic nitrogens is 2. The summed E-state index contributed by atoms with van der Waals surface area (Å²) in [6, 6.07) is 28.5. The van der Waals surface area contributed by atoms with E-state index < -0.39 is 12.0 Å². The molecule has 6 rings (SSSR count). The number of nitrogens with one attached hydrogen (secondary N) is 1. The molecule has 0 bridgehead atoms. The van der Waals surface area contributed by atoms with E-state index in [1.807, 2.05) is 94.8 Å². The van der Waals surface area contributed by atoms with Gasteiger partial charge in [-0.25, -0.2) is 0 Å². The average Bonchev–Trinajstić information content (AvgIpc) is 3.59. The van der Waals surface area contributed by atoms with E-state index in [-0.39, 0.29) is 18.2 Å². The first-order valence-corrected chi connectivity index (χ1v) is 17.5. The van der Waals surface area contributed by atoms with Gasteiger partial charge < -0.3 is 20.1 Å². The molecule has 1 aromatic heterocycles. The predicted molar refractivity (Wildman–Crippen MR) is 198 cm³/mol. The standard InChI is InChI=1S/C42H44N4O5/c1-29-11-6-19-39(30(29)2)51-22-10-20-40(47)46-21-9-17-37-36(16-8-18-38(37)46)34-26-43-45(28-34)27-32-14-7-15-33(23-32)42(50)44-35(25-41(48)49)24-31-12-4-3-5-13-31/h3-8,11-16,18-19,23,26,28,35H,9-10,17,20-22,24-25,27H2,1-2H3,(H,44,50)(H,48,49). The zero-order chi connectivity index (χ0) is 35.7.